The standard InChI is InChI=1S/C15H13BrN2O2S/c1-2-13-17-14-11(15(19)20)4-3-5-12(14)18(13)7-10-6-9(16)8-21-10/h3-6,8H,2,7H2,1H3,(H,19,20). The van der Waals surface area contributed by atoms with Gasteiger partial charge in [0.25, 0.3) is 0 Å². The van der Waals surface area contributed by atoms with Crippen molar-refractivity contribution in [3.63, 3.8) is 0 Å². The summed E-state index contributed by atoms with van der Waals surface area (Å²) >= 11 is 5.13. The van der Waals surface area contributed by atoms with E-state index in [0.29, 0.717) is 12.1 Å². The molecular weight excluding hydrogens is 352 g/mol. The van der Waals surface area contributed by atoms with Crippen LogP contribution in [0.4, 0.5) is 0 Å². The lowest BCUT2D eigenvalue weighted by Gasteiger charge is -2.06. The molecule has 0 radical (unpaired) electrons. The summed E-state index contributed by atoms with van der Waals surface area (Å²) in [6.45, 7) is 2.74. The number of rotatable bonds is 4. The first-order chi connectivity index (χ1) is 10.1. The molecule has 4 nitrogen and oxygen atoms in total. The highest BCUT2D eigenvalue weighted by Crippen LogP contribution is 2.25. The Kier molecular flexibility index (Phi) is 3.82. The molecule has 0 unspecified atom stereocenters. The average Bonchev–Trinajstić information content (AvgIpc) is 3.03. The number of hydrogen-bond donors (Lipinski definition) is 1. The van der Waals surface area contributed by atoms with Gasteiger partial charge in [-0.1, -0.05) is 13.0 Å². The van der Waals surface area contributed by atoms with Crippen molar-refractivity contribution in [1.29, 1.82) is 0 Å². The quantitative estimate of drug-likeness (QED) is 0.755. The van der Waals surface area contributed by atoms with Crippen LogP contribution in [0.1, 0.15) is 28.0 Å². The number of aromatic carboxylic acids is 1. The fourth-order valence-electron chi connectivity index (χ4n) is 2.41. The van der Waals surface area contributed by atoms with E-state index in [1.165, 1.54) is 4.88 Å². The molecular formula is C15H13BrN2O2S. The Hall–Kier alpha value is -1.66. The van der Waals surface area contributed by atoms with Gasteiger partial charge in [-0.25, -0.2) is 9.78 Å². The number of carboxylic acid groups (broad SMARTS) is 1. The van der Waals surface area contributed by atoms with Gasteiger partial charge in [0.2, 0.25) is 0 Å². The third kappa shape index (κ3) is 2.61. The molecule has 0 spiro atoms. The van der Waals surface area contributed by atoms with Gasteiger partial charge in [-0.2, -0.15) is 0 Å². The van der Waals surface area contributed by atoms with Crippen molar-refractivity contribution >= 4 is 44.3 Å². The fourth-order valence-corrected chi connectivity index (χ4v) is 3.85. The number of nitrogens with zero attached hydrogens (tertiary/aromatic N) is 2. The van der Waals surface area contributed by atoms with Crippen LogP contribution in [0.3, 0.4) is 0 Å². The minimum absolute atomic E-state index is 0.258. The van der Waals surface area contributed by atoms with Gasteiger partial charge in [-0.15, -0.1) is 11.3 Å². The summed E-state index contributed by atoms with van der Waals surface area (Å²) in [5.41, 5.74) is 1.70. The van der Waals surface area contributed by atoms with Crippen LogP contribution in [0.15, 0.2) is 34.1 Å². The number of carboxylic acids is 1. The molecule has 0 aliphatic rings. The zero-order valence-electron chi connectivity index (χ0n) is 11.3. The zero-order chi connectivity index (χ0) is 15.0. The molecule has 108 valence electrons. The van der Waals surface area contributed by atoms with Crippen molar-refractivity contribution in [1.82, 2.24) is 9.55 Å². The average molecular weight is 365 g/mol. The minimum atomic E-state index is -0.938. The van der Waals surface area contributed by atoms with E-state index in [2.05, 4.69) is 31.5 Å². The number of benzene rings is 1. The number of imidazole rings is 1. The lowest BCUT2D eigenvalue weighted by molar-refractivity contribution is 0.0699. The SMILES string of the molecule is CCc1nc2c(C(=O)O)cccc2n1Cc1cc(Br)cs1. The molecule has 21 heavy (non-hydrogen) atoms. The molecule has 1 aromatic carbocycles. The fraction of sp³-hybridized carbons (Fsp3) is 0.200. The molecule has 0 saturated carbocycles. The van der Waals surface area contributed by atoms with E-state index in [4.69, 9.17) is 0 Å². The minimum Gasteiger partial charge on any atom is -0.478 e. The lowest BCUT2D eigenvalue weighted by Crippen LogP contribution is -2.03. The Labute approximate surface area is 134 Å². The summed E-state index contributed by atoms with van der Waals surface area (Å²) in [6.07, 6.45) is 0.764. The van der Waals surface area contributed by atoms with Gasteiger partial charge in [-0.05, 0) is 34.1 Å². The number of aromatic nitrogens is 2. The summed E-state index contributed by atoms with van der Waals surface area (Å²) in [7, 11) is 0. The van der Waals surface area contributed by atoms with E-state index in [0.717, 1.165) is 22.2 Å². The van der Waals surface area contributed by atoms with Gasteiger partial charge in [0.1, 0.15) is 11.3 Å². The van der Waals surface area contributed by atoms with Crippen LogP contribution < -0.4 is 0 Å². The topological polar surface area (TPSA) is 55.1 Å². The summed E-state index contributed by atoms with van der Waals surface area (Å²) in [5.74, 6) is -0.0324. The number of thiophene rings is 1. The smallest absolute Gasteiger partial charge is 0.337 e. The van der Waals surface area contributed by atoms with E-state index in [1.54, 1.807) is 23.5 Å². The molecule has 0 atom stereocenters. The van der Waals surface area contributed by atoms with E-state index >= 15 is 0 Å². The Morgan fingerprint density at radius 3 is 2.90 bits per heavy atom. The molecule has 0 aliphatic carbocycles. The van der Waals surface area contributed by atoms with Crippen molar-refractivity contribution < 1.29 is 9.90 Å². The van der Waals surface area contributed by atoms with E-state index in [-0.39, 0.29) is 5.56 Å². The highest BCUT2D eigenvalue weighted by molar-refractivity contribution is 9.10. The van der Waals surface area contributed by atoms with Crippen molar-refractivity contribution in [2.45, 2.75) is 19.9 Å². The maximum absolute atomic E-state index is 11.3. The second kappa shape index (κ2) is 5.61. The first-order valence-electron chi connectivity index (χ1n) is 6.54. The summed E-state index contributed by atoms with van der Waals surface area (Å²) in [6, 6.07) is 7.38. The molecule has 0 amide bonds. The highest BCUT2D eigenvalue weighted by atomic mass is 79.9. The third-order valence-corrected chi connectivity index (χ3v) is 5.02. The summed E-state index contributed by atoms with van der Waals surface area (Å²) in [4.78, 5) is 17.1. The summed E-state index contributed by atoms with van der Waals surface area (Å²) in [5, 5.41) is 11.3. The van der Waals surface area contributed by atoms with Crippen LogP contribution in [0.5, 0.6) is 0 Å². The van der Waals surface area contributed by atoms with Crippen molar-refractivity contribution in [3.8, 4) is 0 Å². The number of halogens is 1. The molecule has 6 heteroatoms. The maximum atomic E-state index is 11.3. The Morgan fingerprint density at radius 1 is 1.48 bits per heavy atom. The van der Waals surface area contributed by atoms with Crippen LogP contribution in [0.2, 0.25) is 0 Å². The lowest BCUT2D eigenvalue weighted by atomic mass is 10.2. The van der Waals surface area contributed by atoms with E-state index < -0.39 is 5.97 Å². The zero-order valence-corrected chi connectivity index (χ0v) is 13.7. The normalized spacial score (nSPS) is 11.1. The first kappa shape index (κ1) is 14.3. The number of hydrogen-bond acceptors (Lipinski definition) is 3. The Bertz CT molecular complexity index is 822. The second-order valence-corrected chi connectivity index (χ2v) is 6.59. The van der Waals surface area contributed by atoms with Gasteiger partial charge in [0.05, 0.1) is 17.6 Å². The van der Waals surface area contributed by atoms with E-state index in [9.17, 15) is 9.90 Å². The van der Waals surface area contributed by atoms with Crippen LogP contribution in [0, 0.1) is 0 Å². The Morgan fingerprint density at radius 2 is 2.29 bits per heavy atom. The Balaban J connectivity index is 2.16. The molecule has 0 aliphatic heterocycles. The van der Waals surface area contributed by atoms with Crippen LogP contribution >= 0.6 is 27.3 Å². The second-order valence-electron chi connectivity index (χ2n) is 4.68. The van der Waals surface area contributed by atoms with Gasteiger partial charge < -0.3 is 9.67 Å². The van der Waals surface area contributed by atoms with Crippen molar-refractivity contribution in [2.24, 2.45) is 0 Å². The monoisotopic (exact) mass is 364 g/mol. The predicted molar refractivity (Wildman–Crippen MR) is 87.2 cm³/mol. The molecule has 0 saturated heterocycles. The van der Waals surface area contributed by atoms with Gasteiger partial charge in [-0.3, -0.25) is 0 Å². The van der Waals surface area contributed by atoms with Crippen LogP contribution in [-0.4, -0.2) is 20.6 Å². The van der Waals surface area contributed by atoms with Crippen molar-refractivity contribution in [3.05, 3.63) is 50.4 Å². The van der Waals surface area contributed by atoms with Gasteiger partial charge in [0.15, 0.2) is 0 Å². The molecule has 2 heterocycles. The maximum Gasteiger partial charge on any atom is 0.337 e. The predicted octanol–water partition coefficient (Wildman–Crippen LogP) is 4.17. The van der Waals surface area contributed by atoms with Crippen molar-refractivity contribution in [2.75, 3.05) is 0 Å². The van der Waals surface area contributed by atoms with Gasteiger partial charge >= 0.3 is 5.97 Å². The molecule has 1 N–H and O–H groups in total. The number of carbonyl (C=O) groups is 1. The molecule has 3 aromatic rings. The molecule has 3 rings (SSSR count). The van der Waals surface area contributed by atoms with Gasteiger partial charge in [0, 0.05) is 21.2 Å². The largest absolute Gasteiger partial charge is 0.478 e. The molecule has 0 bridgehead atoms. The van der Waals surface area contributed by atoms with Crippen LogP contribution in [-0.2, 0) is 13.0 Å². The number of aryl methyl sites for hydroxylation is 1. The summed E-state index contributed by atoms with van der Waals surface area (Å²) < 4.78 is 3.16. The molecule has 2 aromatic heterocycles. The number of para-hydroxylation sites is 1. The van der Waals surface area contributed by atoms with Crippen LogP contribution in [0.25, 0.3) is 11.0 Å². The third-order valence-electron chi connectivity index (χ3n) is 3.34. The highest BCUT2D eigenvalue weighted by Gasteiger charge is 2.16. The molecule has 0 fully saturated rings. The van der Waals surface area contributed by atoms with E-state index in [1.807, 2.05) is 18.4 Å². The first-order valence-corrected chi connectivity index (χ1v) is 8.21. The number of fused-ring (bicyclic) bond motifs is 1.